The van der Waals surface area contributed by atoms with Gasteiger partial charge in [0.15, 0.2) is 0 Å². The predicted molar refractivity (Wildman–Crippen MR) is 58.8 cm³/mol. The van der Waals surface area contributed by atoms with E-state index in [4.69, 9.17) is 15.3 Å². The molecule has 0 aliphatic rings. The number of ether oxygens (including phenoxy) is 2. The Labute approximate surface area is 94.4 Å². The van der Waals surface area contributed by atoms with Crippen LogP contribution in [0.2, 0.25) is 0 Å². The SMILES string of the molecule is COc1ccc(S(=O)(=O)NN)c(OC)c1C. The van der Waals surface area contributed by atoms with Crippen LogP contribution in [0.15, 0.2) is 17.0 Å². The zero-order chi connectivity index (χ0) is 12.3. The molecule has 0 fully saturated rings. The van der Waals surface area contributed by atoms with Gasteiger partial charge < -0.3 is 9.47 Å². The van der Waals surface area contributed by atoms with Gasteiger partial charge in [0.25, 0.3) is 10.0 Å². The highest BCUT2D eigenvalue weighted by molar-refractivity contribution is 7.89. The van der Waals surface area contributed by atoms with Gasteiger partial charge in [-0.05, 0) is 19.1 Å². The second kappa shape index (κ2) is 4.69. The molecule has 0 spiro atoms. The van der Waals surface area contributed by atoms with Crippen LogP contribution in [0, 0.1) is 6.92 Å². The molecule has 7 heteroatoms. The van der Waals surface area contributed by atoms with Gasteiger partial charge >= 0.3 is 0 Å². The van der Waals surface area contributed by atoms with Crippen LogP contribution in [0.4, 0.5) is 0 Å². The number of sulfonamides is 1. The van der Waals surface area contributed by atoms with Crippen LogP contribution in [0.5, 0.6) is 11.5 Å². The molecule has 1 aromatic rings. The van der Waals surface area contributed by atoms with Gasteiger partial charge in [-0.25, -0.2) is 8.42 Å². The summed E-state index contributed by atoms with van der Waals surface area (Å²) >= 11 is 0. The van der Waals surface area contributed by atoms with Crippen LogP contribution >= 0.6 is 0 Å². The van der Waals surface area contributed by atoms with Crippen LogP contribution in [0.3, 0.4) is 0 Å². The first-order chi connectivity index (χ1) is 7.47. The summed E-state index contributed by atoms with van der Waals surface area (Å²) in [5, 5.41) is 0. The molecule has 1 rings (SSSR count). The van der Waals surface area contributed by atoms with Gasteiger partial charge in [0.05, 0.1) is 14.2 Å². The molecule has 1 aromatic carbocycles. The monoisotopic (exact) mass is 246 g/mol. The lowest BCUT2D eigenvalue weighted by Crippen LogP contribution is -2.30. The van der Waals surface area contributed by atoms with Crippen molar-refractivity contribution in [2.75, 3.05) is 14.2 Å². The molecule has 0 saturated carbocycles. The fourth-order valence-corrected chi connectivity index (χ4v) is 2.25. The molecule has 16 heavy (non-hydrogen) atoms. The van der Waals surface area contributed by atoms with E-state index in [1.165, 1.54) is 20.3 Å². The fourth-order valence-electron chi connectivity index (χ4n) is 1.40. The largest absolute Gasteiger partial charge is 0.496 e. The van der Waals surface area contributed by atoms with Gasteiger partial charge in [0.2, 0.25) is 0 Å². The van der Waals surface area contributed by atoms with E-state index in [9.17, 15) is 8.42 Å². The summed E-state index contributed by atoms with van der Waals surface area (Å²) in [6.07, 6.45) is 0. The maximum atomic E-state index is 11.6. The predicted octanol–water partition coefficient (Wildman–Crippen LogP) is 0.164. The van der Waals surface area contributed by atoms with Crippen LogP contribution in [0.25, 0.3) is 0 Å². The number of hydrogen-bond donors (Lipinski definition) is 2. The Morgan fingerprint density at radius 3 is 2.31 bits per heavy atom. The summed E-state index contributed by atoms with van der Waals surface area (Å²) in [6.45, 7) is 1.70. The van der Waals surface area contributed by atoms with Crippen molar-refractivity contribution < 1.29 is 17.9 Å². The maximum Gasteiger partial charge on any atom is 0.256 e. The topological polar surface area (TPSA) is 90.7 Å². The van der Waals surface area contributed by atoms with E-state index in [1.807, 2.05) is 0 Å². The summed E-state index contributed by atoms with van der Waals surface area (Å²) in [5.41, 5.74) is 0.598. The van der Waals surface area contributed by atoms with Crippen LogP contribution in [-0.2, 0) is 10.0 Å². The van der Waals surface area contributed by atoms with E-state index in [-0.39, 0.29) is 10.6 Å². The van der Waals surface area contributed by atoms with E-state index in [1.54, 1.807) is 17.8 Å². The van der Waals surface area contributed by atoms with E-state index in [2.05, 4.69) is 0 Å². The lowest BCUT2D eigenvalue weighted by molar-refractivity contribution is 0.380. The van der Waals surface area contributed by atoms with Crippen molar-refractivity contribution in [3.8, 4) is 11.5 Å². The fraction of sp³-hybridized carbons (Fsp3) is 0.333. The molecule has 0 saturated heterocycles. The van der Waals surface area contributed by atoms with Crippen molar-refractivity contribution in [1.82, 2.24) is 4.83 Å². The van der Waals surface area contributed by atoms with Gasteiger partial charge in [-0.3, -0.25) is 5.84 Å². The Morgan fingerprint density at radius 1 is 1.25 bits per heavy atom. The van der Waals surface area contributed by atoms with Gasteiger partial charge in [0.1, 0.15) is 16.4 Å². The average molecular weight is 246 g/mol. The summed E-state index contributed by atoms with van der Waals surface area (Å²) in [6, 6.07) is 2.92. The first kappa shape index (κ1) is 12.8. The summed E-state index contributed by atoms with van der Waals surface area (Å²) < 4.78 is 33.3. The summed E-state index contributed by atoms with van der Waals surface area (Å²) in [7, 11) is -0.858. The first-order valence-corrected chi connectivity index (χ1v) is 5.90. The Balaban J connectivity index is 3.49. The summed E-state index contributed by atoms with van der Waals surface area (Å²) in [4.78, 5) is 1.73. The molecular weight excluding hydrogens is 232 g/mol. The minimum Gasteiger partial charge on any atom is -0.496 e. The highest BCUT2D eigenvalue weighted by atomic mass is 32.2. The highest BCUT2D eigenvalue weighted by Gasteiger charge is 2.21. The van der Waals surface area contributed by atoms with Crippen molar-refractivity contribution in [2.24, 2.45) is 5.84 Å². The van der Waals surface area contributed by atoms with E-state index >= 15 is 0 Å². The van der Waals surface area contributed by atoms with E-state index < -0.39 is 10.0 Å². The third kappa shape index (κ3) is 2.11. The number of hydrogen-bond acceptors (Lipinski definition) is 5. The molecular formula is C9H14N2O4S. The second-order valence-corrected chi connectivity index (χ2v) is 4.73. The minimum atomic E-state index is -3.74. The summed E-state index contributed by atoms with van der Waals surface area (Å²) in [5.74, 6) is 5.73. The van der Waals surface area contributed by atoms with Crippen molar-refractivity contribution in [2.45, 2.75) is 11.8 Å². The van der Waals surface area contributed by atoms with Gasteiger partial charge in [-0.2, -0.15) is 0 Å². The van der Waals surface area contributed by atoms with Crippen molar-refractivity contribution in [3.63, 3.8) is 0 Å². The standard InChI is InChI=1S/C9H14N2O4S/c1-6-7(14-2)4-5-8(9(6)15-3)16(12,13)11-10/h4-5,11H,10H2,1-3H3. The Morgan fingerprint density at radius 2 is 1.88 bits per heavy atom. The quantitative estimate of drug-likeness (QED) is 0.583. The van der Waals surface area contributed by atoms with Crippen LogP contribution in [-0.4, -0.2) is 22.6 Å². The number of benzene rings is 1. The van der Waals surface area contributed by atoms with Crippen LogP contribution < -0.4 is 20.1 Å². The van der Waals surface area contributed by atoms with E-state index in [0.29, 0.717) is 11.3 Å². The smallest absolute Gasteiger partial charge is 0.256 e. The van der Waals surface area contributed by atoms with Crippen molar-refractivity contribution in [1.29, 1.82) is 0 Å². The number of nitrogens with two attached hydrogens (primary N) is 1. The van der Waals surface area contributed by atoms with Gasteiger partial charge in [0, 0.05) is 5.56 Å². The lowest BCUT2D eigenvalue weighted by Gasteiger charge is -2.13. The lowest BCUT2D eigenvalue weighted by atomic mass is 10.2. The molecule has 0 heterocycles. The highest BCUT2D eigenvalue weighted by Crippen LogP contribution is 2.33. The normalized spacial score (nSPS) is 11.2. The molecule has 0 unspecified atom stereocenters. The number of rotatable bonds is 4. The van der Waals surface area contributed by atoms with E-state index in [0.717, 1.165) is 0 Å². The zero-order valence-corrected chi connectivity index (χ0v) is 10.1. The van der Waals surface area contributed by atoms with Crippen molar-refractivity contribution in [3.05, 3.63) is 17.7 Å². The molecule has 0 amide bonds. The number of hydrazine groups is 1. The first-order valence-electron chi connectivity index (χ1n) is 4.42. The molecule has 6 nitrogen and oxygen atoms in total. The molecule has 0 aliphatic heterocycles. The Kier molecular flexibility index (Phi) is 3.74. The minimum absolute atomic E-state index is 0.0178. The Hall–Kier alpha value is -1.31. The number of nitrogens with one attached hydrogen (secondary N) is 1. The van der Waals surface area contributed by atoms with Gasteiger partial charge in [-0.15, -0.1) is 4.83 Å². The second-order valence-electron chi connectivity index (χ2n) is 3.05. The van der Waals surface area contributed by atoms with Crippen LogP contribution in [0.1, 0.15) is 5.56 Å². The molecule has 0 aromatic heterocycles. The molecule has 0 aliphatic carbocycles. The average Bonchev–Trinajstić information content (AvgIpc) is 2.28. The molecule has 0 bridgehead atoms. The molecule has 90 valence electrons. The maximum absolute atomic E-state index is 11.6. The molecule has 0 atom stereocenters. The molecule has 3 N–H and O–H groups in total. The van der Waals surface area contributed by atoms with Crippen molar-refractivity contribution >= 4 is 10.0 Å². The Bertz CT molecular complexity index is 485. The number of methoxy groups -OCH3 is 2. The zero-order valence-electron chi connectivity index (χ0n) is 9.27. The third-order valence-electron chi connectivity index (χ3n) is 2.19. The third-order valence-corrected chi connectivity index (χ3v) is 3.40. The molecule has 0 radical (unpaired) electrons. The van der Waals surface area contributed by atoms with Gasteiger partial charge in [-0.1, -0.05) is 0 Å².